The maximum Gasteiger partial charge on any atom is 0.416 e. The molecule has 1 aliphatic carbocycles. The van der Waals surface area contributed by atoms with Crippen molar-refractivity contribution in [3.05, 3.63) is 66.3 Å². The molecule has 0 saturated carbocycles. The van der Waals surface area contributed by atoms with E-state index in [0.717, 1.165) is 12.5 Å². The third-order valence-electron chi connectivity index (χ3n) is 7.29. The van der Waals surface area contributed by atoms with E-state index in [1.807, 2.05) is 12.2 Å². The lowest BCUT2D eigenvalue weighted by Gasteiger charge is -2.47. The highest BCUT2D eigenvalue weighted by Gasteiger charge is 2.45. The Bertz CT molecular complexity index is 1250. The van der Waals surface area contributed by atoms with Crippen LogP contribution >= 0.6 is 0 Å². The molecule has 3 heterocycles. The summed E-state index contributed by atoms with van der Waals surface area (Å²) in [7, 11) is -3.55. The van der Waals surface area contributed by atoms with Crippen LogP contribution in [0.3, 0.4) is 0 Å². The number of fused-ring (bicyclic) bond motifs is 3. The van der Waals surface area contributed by atoms with Crippen LogP contribution < -0.4 is 10.0 Å². The number of ether oxygens (including phenoxy) is 1. The summed E-state index contributed by atoms with van der Waals surface area (Å²) in [5.41, 5.74) is 0.396. The molecular weight excluding hydrogens is 507 g/mol. The number of alkyl halides is 3. The molecule has 12 heteroatoms. The van der Waals surface area contributed by atoms with Gasteiger partial charge in [0.2, 0.25) is 10.0 Å². The van der Waals surface area contributed by atoms with E-state index in [0.29, 0.717) is 37.1 Å². The van der Waals surface area contributed by atoms with Crippen LogP contribution in [-0.2, 0) is 27.5 Å². The summed E-state index contributed by atoms with van der Waals surface area (Å²) < 4.78 is 76.1. The van der Waals surface area contributed by atoms with E-state index >= 15 is 0 Å². The predicted molar refractivity (Wildman–Crippen MR) is 132 cm³/mol. The van der Waals surface area contributed by atoms with Crippen molar-refractivity contribution in [2.24, 2.45) is 11.8 Å². The molecule has 0 amide bonds. The van der Waals surface area contributed by atoms with Crippen LogP contribution in [0.4, 0.5) is 18.9 Å². The maximum absolute atomic E-state index is 13.5. The Morgan fingerprint density at radius 3 is 2.81 bits per heavy atom. The van der Waals surface area contributed by atoms with Gasteiger partial charge in [0.25, 0.3) is 0 Å². The second kappa shape index (κ2) is 10.6. The Morgan fingerprint density at radius 2 is 2.08 bits per heavy atom. The van der Waals surface area contributed by atoms with Gasteiger partial charge in [-0.2, -0.15) is 18.3 Å². The summed E-state index contributed by atoms with van der Waals surface area (Å²) in [6.07, 6.45) is 8.21. The van der Waals surface area contributed by atoms with Crippen molar-refractivity contribution in [3.8, 4) is 0 Å². The number of sulfonamides is 1. The highest BCUT2D eigenvalue weighted by Crippen LogP contribution is 2.49. The number of rotatable bonds is 8. The average Bonchev–Trinajstić information content (AvgIpc) is 3.40. The molecule has 1 saturated heterocycles. The van der Waals surface area contributed by atoms with Crippen LogP contribution in [0.15, 0.2) is 55.2 Å². The highest BCUT2D eigenvalue weighted by molar-refractivity contribution is 7.89. The molecule has 1 fully saturated rings. The van der Waals surface area contributed by atoms with E-state index in [1.165, 1.54) is 24.8 Å². The highest BCUT2D eigenvalue weighted by atomic mass is 32.2. The minimum atomic E-state index is -4.46. The summed E-state index contributed by atoms with van der Waals surface area (Å²) in [6, 6.07) is 3.75. The summed E-state index contributed by atoms with van der Waals surface area (Å²) in [5.74, 6) is 0.0842. The molecule has 5 rings (SSSR count). The number of benzene rings is 1. The number of hydrogen-bond donors (Lipinski definition) is 2. The molecule has 8 nitrogen and oxygen atoms in total. The lowest BCUT2D eigenvalue weighted by atomic mass is 9.73. The van der Waals surface area contributed by atoms with Gasteiger partial charge >= 0.3 is 6.18 Å². The molecule has 0 spiro atoms. The van der Waals surface area contributed by atoms with E-state index in [4.69, 9.17) is 4.74 Å². The van der Waals surface area contributed by atoms with Crippen LogP contribution in [-0.4, -0.2) is 47.6 Å². The Kier molecular flexibility index (Phi) is 7.42. The second-order valence-electron chi connectivity index (χ2n) is 9.78. The second-order valence-corrected chi connectivity index (χ2v) is 11.7. The van der Waals surface area contributed by atoms with Crippen LogP contribution in [0.25, 0.3) is 0 Å². The first kappa shape index (κ1) is 25.9. The smallest absolute Gasteiger partial charge is 0.381 e. The first-order valence-corrected chi connectivity index (χ1v) is 14.1. The number of hydrogen-bond acceptors (Lipinski definition) is 6. The van der Waals surface area contributed by atoms with Gasteiger partial charge < -0.3 is 10.1 Å². The Labute approximate surface area is 214 Å². The van der Waals surface area contributed by atoms with Gasteiger partial charge in [-0.05, 0) is 43.9 Å². The average molecular weight is 538 g/mol. The number of anilines is 1. The topological polar surface area (TPSA) is 98.1 Å². The van der Waals surface area contributed by atoms with Gasteiger partial charge in [0, 0.05) is 42.2 Å². The van der Waals surface area contributed by atoms with Gasteiger partial charge in [-0.15, -0.1) is 0 Å². The van der Waals surface area contributed by atoms with Gasteiger partial charge in [0.1, 0.15) is 12.7 Å². The van der Waals surface area contributed by atoms with E-state index in [1.54, 1.807) is 4.68 Å². The first-order valence-electron chi connectivity index (χ1n) is 12.5. The fraction of sp³-hybridized carbons (Fsp3) is 0.520. The van der Waals surface area contributed by atoms with E-state index in [9.17, 15) is 21.6 Å². The summed E-state index contributed by atoms with van der Waals surface area (Å²) in [4.78, 5) is 3.83. The molecule has 0 bridgehead atoms. The number of nitrogens with zero attached hydrogens (tertiary/aromatic N) is 3. The number of nitrogens with one attached hydrogen (secondary N) is 2. The standard InChI is InChI=1S/C25H30F3N5O3S/c26-25(27,28)18-7-10-22-21(13-18)24-20(23(32-22)17-5-2-1-3-6-17)9-8-19(36-24)14-31-37(34,35)12-4-11-33-16-29-15-30-33/h1-3,5,7,10,13,15-17,19-20,23-24,31-32H,4,6,8-9,11-12,14H2/t17?,19-,20+,23+,24+/m1/s1. The van der Waals surface area contributed by atoms with Crippen molar-refractivity contribution in [2.75, 3.05) is 17.6 Å². The molecular formula is C25H30F3N5O3S. The zero-order valence-corrected chi connectivity index (χ0v) is 21.0. The fourth-order valence-electron chi connectivity index (χ4n) is 5.47. The normalized spacial score (nSPS) is 27.4. The zero-order chi connectivity index (χ0) is 26.0. The van der Waals surface area contributed by atoms with Crippen molar-refractivity contribution >= 4 is 15.7 Å². The summed E-state index contributed by atoms with van der Waals surface area (Å²) in [6.45, 7) is 0.509. The predicted octanol–water partition coefficient (Wildman–Crippen LogP) is 4.07. The fourth-order valence-corrected chi connectivity index (χ4v) is 6.56. The van der Waals surface area contributed by atoms with Crippen molar-refractivity contribution in [1.29, 1.82) is 0 Å². The quantitative estimate of drug-likeness (QED) is 0.527. The SMILES string of the molecule is O=S(=O)(CCCn1cncn1)NC[C@H]1CC[C@@H]2[C@H](O1)c1cc(C(F)(F)F)ccc1N[C@H]2C1C=CC=CC1. The van der Waals surface area contributed by atoms with E-state index in [2.05, 4.69) is 32.3 Å². The van der Waals surface area contributed by atoms with Crippen LogP contribution in [0, 0.1) is 11.8 Å². The number of aryl methyl sites for hydroxylation is 1. The molecule has 2 aliphatic heterocycles. The van der Waals surface area contributed by atoms with Crippen LogP contribution in [0.2, 0.25) is 0 Å². The molecule has 0 radical (unpaired) electrons. The third-order valence-corrected chi connectivity index (χ3v) is 8.72. The molecule has 2 N–H and O–H groups in total. The number of aromatic nitrogens is 3. The molecule has 5 atom stereocenters. The van der Waals surface area contributed by atoms with Crippen molar-refractivity contribution in [2.45, 2.75) is 56.7 Å². The third kappa shape index (κ3) is 6.07. The monoisotopic (exact) mass is 537 g/mol. The van der Waals surface area contributed by atoms with Crippen LogP contribution in [0.5, 0.6) is 0 Å². The molecule has 1 aromatic carbocycles. The molecule has 200 valence electrons. The maximum atomic E-state index is 13.5. The summed E-state index contributed by atoms with van der Waals surface area (Å²) >= 11 is 0. The van der Waals surface area contributed by atoms with Gasteiger partial charge in [-0.3, -0.25) is 4.68 Å². The van der Waals surface area contributed by atoms with Gasteiger partial charge in [-0.25, -0.2) is 18.1 Å². The first-order chi connectivity index (χ1) is 17.7. The molecule has 1 aromatic heterocycles. The molecule has 1 unspecified atom stereocenters. The lowest BCUT2D eigenvalue weighted by molar-refractivity contribution is -0.138. The van der Waals surface area contributed by atoms with Crippen molar-refractivity contribution in [3.63, 3.8) is 0 Å². The van der Waals surface area contributed by atoms with E-state index < -0.39 is 34.0 Å². The largest absolute Gasteiger partial charge is 0.416 e. The van der Waals surface area contributed by atoms with Crippen LogP contribution in [0.1, 0.15) is 42.9 Å². The summed E-state index contributed by atoms with van der Waals surface area (Å²) in [5, 5.41) is 7.45. The van der Waals surface area contributed by atoms with Crippen molar-refractivity contribution in [1.82, 2.24) is 19.5 Å². The van der Waals surface area contributed by atoms with Gasteiger partial charge in [0.15, 0.2) is 0 Å². The number of allylic oxidation sites excluding steroid dienone is 3. The molecule has 2 aromatic rings. The zero-order valence-electron chi connectivity index (χ0n) is 20.1. The lowest BCUT2D eigenvalue weighted by Crippen LogP contribution is -2.48. The Morgan fingerprint density at radius 1 is 1.22 bits per heavy atom. The molecule has 3 aliphatic rings. The minimum Gasteiger partial charge on any atom is -0.381 e. The number of halogens is 3. The van der Waals surface area contributed by atoms with Gasteiger partial charge in [0.05, 0.1) is 23.5 Å². The van der Waals surface area contributed by atoms with Crippen molar-refractivity contribution < 1.29 is 26.3 Å². The Balaban J connectivity index is 1.29. The van der Waals surface area contributed by atoms with Gasteiger partial charge in [-0.1, -0.05) is 24.3 Å². The van der Waals surface area contributed by atoms with E-state index in [-0.39, 0.29) is 30.2 Å². The Hall–Kier alpha value is -2.70. The molecule has 37 heavy (non-hydrogen) atoms. The minimum absolute atomic E-state index is 0.00450.